The van der Waals surface area contributed by atoms with Gasteiger partial charge in [0.2, 0.25) is 11.1 Å². The molecule has 0 atom stereocenters. The van der Waals surface area contributed by atoms with Crippen molar-refractivity contribution in [1.29, 1.82) is 5.26 Å². The molecule has 0 aliphatic rings. The summed E-state index contributed by atoms with van der Waals surface area (Å²) in [7, 11) is -2.28. The number of amidine groups is 1. The molecule has 0 saturated carbocycles. The minimum atomic E-state index is -3.92. The lowest BCUT2D eigenvalue weighted by atomic mass is 10.4. The number of rotatable bonds is 12. The Morgan fingerprint density at radius 2 is 2.00 bits per heavy atom. The Kier molecular flexibility index (Phi) is 15.1. The number of hydrogen-bond donors (Lipinski definition) is 7. The van der Waals surface area contributed by atoms with Crippen LogP contribution in [0.3, 0.4) is 0 Å². The number of aromatic nitrogens is 3. The van der Waals surface area contributed by atoms with Crippen LogP contribution in [0, 0.1) is 18.4 Å². The number of guanidine groups is 2. The Morgan fingerprint density at radius 3 is 2.59 bits per heavy atom. The molecule has 2 rings (SSSR count). The fourth-order valence-corrected chi connectivity index (χ4v) is 5.24. The van der Waals surface area contributed by atoms with Gasteiger partial charge in [0.15, 0.2) is 12.2 Å². The van der Waals surface area contributed by atoms with Crippen LogP contribution in [0.5, 0.6) is 0 Å². The van der Waals surface area contributed by atoms with Crippen LogP contribution in [0.15, 0.2) is 26.1 Å². The maximum Gasteiger partial charge on any atom is 0.318 e. The number of nitrogens with one attached hydrogen (secondary N) is 3. The second-order valence-electron chi connectivity index (χ2n) is 6.81. The molecule has 2 aromatic rings. The number of nitrogens with two attached hydrogens (primary N) is 4. The molecule has 0 fully saturated rings. The van der Waals surface area contributed by atoms with Crippen LogP contribution in [0.4, 0.5) is 5.13 Å². The van der Waals surface area contributed by atoms with Crippen LogP contribution >= 0.6 is 34.9 Å². The molecule has 0 saturated heterocycles. The van der Waals surface area contributed by atoms with E-state index in [1.165, 1.54) is 23.1 Å². The van der Waals surface area contributed by atoms with Gasteiger partial charge in [0.25, 0.3) is 0 Å². The molecule has 19 heteroatoms. The van der Waals surface area contributed by atoms with E-state index in [4.69, 9.17) is 27.6 Å². The molecule has 204 valence electrons. The average Bonchev–Trinajstić information content (AvgIpc) is 3.43. The summed E-state index contributed by atoms with van der Waals surface area (Å²) in [6.07, 6.45) is 3.86. The largest absolute Gasteiger partial charge is 0.386 e. The van der Waals surface area contributed by atoms with Crippen molar-refractivity contribution in [3.05, 3.63) is 28.8 Å². The summed E-state index contributed by atoms with van der Waals surface area (Å²) in [6, 6.07) is 0. The summed E-state index contributed by atoms with van der Waals surface area (Å²) in [5.74, 6) is 3.54. The molecule has 0 amide bonds. The van der Waals surface area contributed by atoms with Crippen LogP contribution in [0.2, 0.25) is 0 Å². The second kappa shape index (κ2) is 17.4. The number of hydrogen-bond acceptors (Lipinski definition) is 10. The van der Waals surface area contributed by atoms with Crippen molar-refractivity contribution in [3.63, 3.8) is 0 Å². The van der Waals surface area contributed by atoms with Crippen molar-refractivity contribution in [2.75, 3.05) is 25.1 Å². The lowest BCUT2D eigenvalue weighted by Gasteiger charge is -2.06. The summed E-state index contributed by atoms with van der Waals surface area (Å²) in [6.45, 7) is 2.75. The van der Waals surface area contributed by atoms with Gasteiger partial charge in [-0.1, -0.05) is 0 Å². The summed E-state index contributed by atoms with van der Waals surface area (Å²) in [4.78, 5) is 19.1. The molecule has 37 heavy (non-hydrogen) atoms. The molecule has 0 aromatic carbocycles. The number of H-pyrrole nitrogens is 1. The zero-order chi connectivity index (χ0) is 27.7. The van der Waals surface area contributed by atoms with Gasteiger partial charge in [0, 0.05) is 54.1 Å². The molecule has 11 N–H and O–H groups in total. The molecule has 0 unspecified atom stereocenters. The second-order valence-corrected chi connectivity index (χ2v) is 11.1. The van der Waals surface area contributed by atoms with Gasteiger partial charge in [-0.25, -0.2) is 15.1 Å². The van der Waals surface area contributed by atoms with Crippen molar-refractivity contribution < 1.29 is 8.42 Å². The molecule has 2 aromatic heterocycles. The Bertz CT molecular complexity index is 1190. The van der Waals surface area contributed by atoms with Gasteiger partial charge in [-0.05, 0) is 6.92 Å². The van der Waals surface area contributed by atoms with Gasteiger partial charge in [0.1, 0.15) is 5.84 Å². The van der Waals surface area contributed by atoms with E-state index in [9.17, 15) is 8.42 Å². The first-order valence-corrected chi connectivity index (χ1v) is 15.1. The van der Waals surface area contributed by atoms with E-state index in [0.29, 0.717) is 29.0 Å². The van der Waals surface area contributed by atoms with Gasteiger partial charge in [-0.15, -0.1) is 15.7 Å². The van der Waals surface area contributed by atoms with Crippen LogP contribution in [-0.4, -0.2) is 66.2 Å². The zero-order valence-electron chi connectivity index (χ0n) is 20.3. The van der Waals surface area contributed by atoms with Crippen molar-refractivity contribution in [1.82, 2.24) is 25.6 Å². The van der Waals surface area contributed by atoms with Crippen molar-refractivity contribution in [2.24, 2.45) is 36.7 Å². The first-order chi connectivity index (χ1) is 17.5. The predicted octanol–water partition coefficient (Wildman–Crippen LogP) is -0.171. The quantitative estimate of drug-likeness (QED) is 0.0559. The Hall–Kier alpha value is -3.05. The Labute approximate surface area is 228 Å². The van der Waals surface area contributed by atoms with Gasteiger partial charge in [0.05, 0.1) is 17.7 Å². The third kappa shape index (κ3) is 15.6. The Balaban J connectivity index is 0.000000375. The predicted molar refractivity (Wildman–Crippen MR) is 153 cm³/mol. The summed E-state index contributed by atoms with van der Waals surface area (Å²) < 4.78 is 24.5. The summed E-state index contributed by atoms with van der Waals surface area (Å²) in [5.41, 5.74) is 18.9. The molecular weight excluding hydrogens is 559 g/mol. The number of nitriles is 1. The van der Waals surface area contributed by atoms with Gasteiger partial charge < -0.3 is 27.5 Å². The summed E-state index contributed by atoms with van der Waals surface area (Å²) >= 11 is 4.66. The fraction of sp³-hybridized carbons (Fsp3) is 0.444. The van der Waals surface area contributed by atoms with E-state index < -0.39 is 10.2 Å². The standard InChI is InChI=1S/C10H16N6S.C8H15N7O2S3/c1-8-9(16-7-15-8)5-17-4-3-13-10(12-2)14-6-11;9-6(15-20(12,16)17)1-2-18-3-5-4-19-8(13-5)14-7(10)11/h7H,3-5H2,1-2H3,(H,15,16)(H2,12,13,14);4H,1-3H2,(H2,9,15)(H2,12,16,17)(H4,10,11,13,14). The molecule has 0 aliphatic carbocycles. The minimum Gasteiger partial charge on any atom is -0.386 e. The SMILES string of the molecule is CN=C(NC#N)NCCSCc1[nH]cnc1C.NC(N)=Nc1nc(CSCCC(N)=NS(N)(=O)=O)cs1. The molecule has 0 spiro atoms. The number of aliphatic imine (C=N–C) groups is 2. The van der Waals surface area contributed by atoms with Crippen molar-refractivity contribution in [2.45, 2.75) is 24.9 Å². The zero-order valence-corrected chi connectivity index (χ0v) is 23.6. The average molecular weight is 590 g/mol. The van der Waals surface area contributed by atoms with Crippen LogP contribution < -0.4 is 33.0 Å². The van der Waals surface area contributed by atoms with Crippen molar-refractivity contribution in [3.8, 4) is 6.19 Å². The highest BCUT2D eigenvalue weighted by Crippen LogP contribution is 2.22. The van der Waals surface area contributed by atoms with E-state index in [2.05, 4.69) is 40.0 Å². The molecule has 0 aliphatic heterocycles. The molecule has 2 heterocycles. The maximum atomic E-state index is 10.6. The smallest absolute Gasteiger partial charge is 0.318 e. The van der Waals surface area contributed by atoms with Gasteiger partial charge >= 0.3 is 10.2 Å². The van der Waals surface area contributed by atoms with Crippen LogP contribution in [0.1, 0.15) is 23.5 Å². The third-order valence-electron chi connectivity index (χ3n) is 3.88. The van der Waals surface area contributed by atoms with Gasteiger partial charge in [-0.3, -0.25) is 10.3 Å². The highest BCUT2D eigenvalue weighted by molar-refractivity contribution is 7.98. The number of imidazole rings is 1. The topological polar surface area (TPSA) is 265 Å². The van der Waals surface area contributed by atoms with Gasteiger partial charge in [-0.2, -0.15) is 42.2 Å². The first-order valence-electron chi connectivity index (χ1n) is 10.4. The van der Waals surface area contributed by atoms with E-state index in [0.717, 1.165) is 35.1 Å². The first kappa shape index (κ1) is 32.0. The van der Waals surface area contributed by atoms with E-state index >= 15 is 0 Å². The molecule has 0 bridgehead atoms. The van der Waals surface area contributed by atoms with E-state index in [-0.39, 0.29) is 11.8 Å². The summed E-state index contributed by atoms with van der Waals surface area (Å²) in [5, 5.41) is 21.0. The number of thiazole rings is 1. The number of aryl methyl sites for hydroxylation is 1. The maximum absolute atomic E-state index is 10.6. The van der Waals surface area contributed by atoms with E-state index in [1.54, 1.807) is 25.1 Å². The third-order valence-corrected chi connectivity index (χ3v) is 7.13. The minimum absolute atomic E-state index is 0.0144. The number of nitrogens with zero attached hydrogens (tertiary/aromatic N) is 6. The van der Waals surface area contributed by atoms with Crippen LogP contribution in [-0.2, 0) is 21.7 Å². The van der Waals surface area contributed by atoms with Crippen molar-refractivity contribution >= 4 is 68.0 Å². The van der Waals surface area contributed by atoms with Crippen LogP contribution in [0.25, 0.3) is 0 Å². The highest BCUT2D eigenvalue weighted by atomic mass is 32.2. The normalized spacial score (nSPS) is 11.7. The number of thioether (sulfide) groups is 2. The number of aromatic amines is 1. The van der Waals surface area contributed by atoms with E-state index in [1.807, 2.05) is 18.5 Å². The lowest BCUT2D eigenvalue weighted by molar-refractivity contribution is 0.599. The molecule has 15 nitrogen and oxygen atoms in total. The highest BCUT2D eigenvalue weighted by Gasteiger charge is 2.04. The molecule has 0 radical (unpaired) electrons. The fourth-order valence-electron chi connectivity index (χ4n) is 2.27. The Morgan fingerprint density at radius 1 is 1.27 bits per heavy atom. The molecular formula is C18H31N13O2S4. The monoisotopic (exact) mass is 589 g/mol. The lowest BCUT2D eigenvalue weighted by Crippen LogP contribution is -2.35.